The fraction of sp³-hybridized carbons (Fsp3) is 0.350. The van der Waals surface area contributed by atoms with Crippen molar-refractivity contribution in [3.05, 3.63) is 56.7 Å². The Morgan fingerprint density at radius 3 is 2.57 bits per heavy atom. The summed E-state index contributed by atoms with van der Waals surface area (Å²) in [6.07, 6.45) is 0. The largest absolute Gasteiger partial charge is 0.465 e. The van der Waals surface area contributed by atoms with Crippen LogP contribution in [-0.2, 0) is 29.7 Å². The third-order valence-electron chi connectivity index (χ3n) is 4.99. The molecule has 0 radical (unpaired) electrons. The Labute approximate surface area is 171 Å². The number of hydrazone groups is 1. The van der Waals surface area contributed by atoms with Crippen molar-refractivity contribution >= 4 is 28.8 Å². The number of benzene rings is 1. The van der Waals surface area contributed by atoms with E-state index in [4.69, 9.17) is 4.74 Å². The van der Waals surface area contributed by atoms with E-state index >= 15 is 0 Å². The smallest absolute Gasteiger partial charge is 0.333 e. The molecule has 0 spiro atoms. The van der Waals surface area contributed by atoms with E-state index in [2.05, 4.69) is 10.1 Å². The number of hydrogen-bond acceptors (Lipinski definition) is 7. The van der Waals surface area contributed by atoms with E-state index in [-0.39, 0.29) is 17.8 Å². The van der Waals surface area contributed by atoms with Crippen LogP contribution < -0.4 is 16.3 Å². The fourth-order valence-corrected chi connectivity index (χ4v) is 3.55. The van der Waals surface area contributed by atoms with Gasteiger partial charge in [-0.3, -0.25) is 18.7 Å². The highest BCUT2D eigenvalue weighted by molar-refractivity contribution is 6.02. The van der Waals surface area contributed by atoms with E-state index in [0.717, 1.165) is 15.8 Å². The Morgan fingerprint density at radius 1 is 1.17 bits per heavy atom. The lowest BCUT2D eigenvalue weighted by Crippen LogP contribution is -2.42. The Hall–Kier alpha value is -3.69. The van der Waals surface area contributed by atoms with E-state index in [1.807, 2.05) is 37.3 Å². The Bertz CT molecular complexity index is 1270. The van der Waals surface area contributed by atoms with Crippen molar-refractivity contribution < 1.29 is 9.53 Å². The number of aromatic nitrogens is 4. The summed E-state index contributed by atoms with van der Waals surface area (Å²) >= 11 is 0. The number of hydrogen-bond donors (Lipinski definition) is 0. The van der Waals surface area contributed by atoms with Crippen LogP contribution in [0.15, 0.2) is 45.0 Å². The second-order valence-corrected chi connectivity index (χ2v) is 6.84. The van der Waals surface area contributed by atoms with Crippen molar-refractivity contribution in [2.45, 2.75) is 26.9 Å². The van der Waals surface area contributed by atoms with Gasteiger partial charge in [0, 0.05) is 13.6 Å². The van der Waals surface area contributed by atoms with Crippen LogP contribution in [0.3, 0.4) is 0 Å². The third-order valence-corrected chi connectivity index (χ3v) is 4.99. The van der Waals surface area contributed by atoms with Gasteiger partial charge in [-0.1, -0.05) is 30.3 Å². The van der Waals surface area contributed by atoms with Crippen molar-refractivity contribution in [2.75, 3.05) is 18.2 Å². The first-order valence-corrected chi connectivity index (χ1v) is 9.72. The minimum absolute atomic E-state index is 0.167. The maximum atomic E-state index is 13.2. The molecule has 3 heterocycles. The molecule has 0 amide bonds. The molecule has 0 atom stereocenters. The number of carbonyl (C=O) groups excluding carboxylic acids is 1. The van der Waals surface area contributed by atoms with Gasteiger partial charge < -0.3 is 4.74 Å². The summed E-state index contributed by atoms with van der Waals surface area (Å²) in [6, 6.07) is 9.67. The highest BCUT2D eigenvalue weighted by atomic mass is 16.5. The number of anilines is 1. The predicted molar refractivity (Wildman–Crippen MR) is 112 cm³/mol. The van der Waals surface area contributed by atoms with Crippen LogP contribution in [-0.4, -0.2) is 43.5 Å². The van der Waals surface area contributed by atoms with Crippen LogP contribution in [0.1, 0.15) is 19.4 Å². The Kier molecular flexibility index (Phi) is 4.98. The minimum Gasteiger partial charge on any atom is -0.465 e. The molecule has 0 aliphatic carbocycles. The SMILES string of the molecule is CCOC(=O)Cn1c(=O)c2c(nc3n2CC(c2ccccc2)=NN3CC)n(C)c1=O. The highest BCUT2D eigenvalue weighted by Crippen LogP contribution is 2.25. The molecule has 3 aromatic rings. The molecule has 0 fully saturated rings. The lowest BCUT2D eigenvalue weighted by molar-refractivity contribution is -0.143. The van der Waals surface area contributed by atoms with Gasteiger partial charge in [-0.15, -0.1) is 0 Å². The van der Waals surface area contributed by atoms with E-state index in [0.29, 0.717) is 19.0 Å². The van der Waals surface area contributed by atoms with Crippen molar-refractivity contribution in [2.24, 2.45) is 12.1 Å². The number of imidazole rings is 1. The molecule has 0 bridgehead atoms. The number of ether oxygens (including phenoxy) is 1. The monoisotopic (exact) mass is 410 g/mol. The summed E-state index contributed by atoms with van der Waals surface area (Å²) in [5.41, 5.74) is 1.00. The van der Waals surface area contributed by atoms with Gasteiger partial charge in [0.1, 0.15) is 6.54 Å². The second kappa shape index (κ2) is 7.62. The number of aryl methyl sites for hydroxylation is 1. The number of nitrogens with zero attached hydrogens (tertiary/aromatic N) is 6. The molecule has 0 N–H and O–H groups in total. The normalized spacial score (nSPS) is 13.3. The van der Waals surface area contributed by atoms with Crippen LogP contribution in [0, 0.1) is 0 Å². The van der Waals surface area contributed by atoms with Gasteiger partial charge in [0.2, 0.25) is 5.95 Å². The van der Waals surface area contributed by atoms with Crippen LogP contribution in [0.2, 0.25) is 0 Å². The molecule has 1 aliphatic rings. The minimum atomic E-state index is -0.642. The molecular weight excluding hydrogens is 388 g/mol. The van der Waals surface area contributed by atoms with Crippen LogP contribution >= 0.6 is 0 Å². The zero-order valence-corrected chi connectivity index (χ0v) is 17.0. The van der Waals surface area contributed by atoms with E-state index in [9.17, 15) is 14.4 Å². The Morgan fingerprint density at radius 2 is 1.90 bits per heavy atom. The van der Waals surface area contributed by atoms with Crippen LogP contribution in [0.25, 0.3) is 11.2 Å². The van der Waals surface area contributed by atoms with Gasteiger partial charge in [-0.2, -0.15) is 10.1 Å². The van der Waals surface area contributed by atoms with Crippen molar-refractivity contribution in [1.29, 1.82) is 0 Å². The summed E-state index contributed by atoms with van der Waals surface area (Å²) in [7, 11) is 1.53. The third kappa shape index (κ3) is 3.10. The fourth-order valence-electron chi connectivity index (χ4n) is 3.55. The molecular formula is C20H22N6O4. The molecule has 0 saturated heterocycles. The maximum absolute atomic E-state index is 13.2. The maximum Gasteiger partial charge on any atom is 0.333 e. The number of rotatable bonds is 5. The van der Waals surface area contributed by atoms with Crippen molar-refractivity contribution in [3.63, 3.8) is 0 Å². The summed E-state index contributed by atoms with van der Waals surface area (Å²) < 4.78 is 8.83. The molecule has 0 unspecified atom stereocenters. The first-order valence-electron chi connectivity index (χ1n) is 9.72. The van der Waals surface area contributed by atoms with E-state index in [1.54, 1.807) is 16.5 Å². The molecule has 2 aromatic heterocycles. The van der Waals surface area contributed by atoms with Crippen molar-refractivity contribution in [3.8, 4) is 0 Å². The standard InChI is InChI=1S/C20H22N6O4/c1-4-26-19-21-17-16(24(19)11-14(22-26)13-9-7-6-8-10-13)18(28)25(20(29)23(17)3)12-15(27)30-5-2/h6-10H,4-5,11-12H2,1-3H3. The molecule has 30 heavy (non-hydrogen) atoms. The van der Waals surface area contributed by atoms with E-state index < -0.39 is 23.8 Å². The highest BCUT2D eigenvalue weighted by Gasteiger charge is 2.28. The molecule has 1 aromatic carbocycles. The average Bonchev–Trinajstić information content (AvgIpc) is 3.15. The van der Waals surface area contributed by atoms with Crippen molar-refractivity contribution in [1.82, 2.24) is 18.7 Å². The Balaban J connectivity index is 1.92. The van der Waals surface area contributed by atoms with Gasteiger partial charge >= 0.3 is 11.7 Å². The first kappa shape index (κ1) is 19.6. The summed E-state index contributed by atoms with van der Waals surface area (Å²) in [6.45, 7) is 4.16. The topological polar surface area (TPSA) is 104 Å². The quantitative estimate of drug-likeness (QED) is 0.574. The molecule has 4 rings (SSSR count). The zero-order chi connectivity index (χ0) is 21.4. The van der Waals surface area contributed by atoms with Gasteiger partial charge in [0.05, 0.1) is 18.9 Å². The predicted octanol–water partition coefficient (Wildman–Crippen LogP) is 0.704. The lowest BCUT2D eigenvalue weighted by atomic mass is 10.1. The summed E-state index contributed by atoms with van der Waals surface area (Å²) in [4.78, 5) is 42.4. The van der Waals surface area contributed by atoms with E-state index in [1.165, 1.54) is 11.6 Å². The molecule has 0 saturated carbocycles. The zero-order valence-electron chi connectivity index (χ0n) is 17.0. The molecule has 156 valence electrons. The average molecular weight is 410 g/mol. The summed E-state index contributed by atoms with van der Waals surface area (Å²) in [5, 5.41) is 6.38. The lowest BCUT2D eigenvalue weighted by Gasteiger charge is -2.25. The van der Waals surface area contributed by atoms with Gasteiger partial charge in [0.25, 0.3) is 5.56 Å². The first-order chi connectivity index (χ1) is 14.5. The summed E-state index contributed by atoms with van der Waals surface area (Å²) in [5.74, 6) is -0.163. The van der Waals surface area contributed by atoms with Gasteiger partial charge in [-0.25, -0.2) is 14.4 Å². The molecule has 1 aliphatic heterocycles. The number of fused-ring (bicyclic) bond motifs is 3. The number of carbonyl (C=O) groups is 1. The molecule has 10 heteroatoms. The molecule has 10 nitrogen and oxygen atoms in total. The van der Waals surface area contributed by atoms with Gasteiger partial charge in [0.15, 0.2) is 11.2 Å². The number of esters is 1. The van der Waals surface area contributed by atoms with Crippen LogP contribution in [0.5, 0.6) is 0 Å². The van der Waals surface area contributed by atoms with Crippen LogP contribution in [0.4, 0.5) is 5.95 Å². The second-order valence-electron chi connectivity index (χ2n) is 6.84. The van der Waals surface area contributed by atoms with Gasteiger partial charge in [-0.05, 0) is 19.4 Å².